The number of likely N-dealkylation sites (tertiary alicyclic amines) is 1. The molecule has 2 aliphatic heterocycles. The van der Waals surface area contributed by atoms with Crippen molar-refractivity contribution in [2.45, 2.75) is 51.2 Å². The van der Waals surface area contributed by atoms with Crippen LogP contribution in [0.5, 0.6) is 0 Å². The lowest BCUT2D eigenvalue weighted by Gasteiger charge is -2.45. The zero-order chi connectivity index (χ0) is 17.0. The number of carbonyl (C=O) groups excluding carboxylic acids is 1. The number of carbonyl (C=O) groups is 1. The summed E-state index contributed by atoms with van der Waals surface area (Å²) >= 11 is 0. The van der Waals surface area contributed by atoms with Crippen molar-refractivity contribution in [2.75, 3.05) is 31.6 Å². The fraction of sp³-hybridized carbons (Fsp3) is 0.632. The molecule has 2 heterocycles. The number of hydrogen-bond donors (Lipinski definition) is 1. The molecular formula is C19H28N2O3. The van der Waals surface area contributed by atoms with E-state index in [1.165, 1.54) is 0 Å². The Morgan fingerprint density at radius 2 is 2.21 bits per heavy atom. The maximum absolute atomic E-state index is 12.5. The van der Waals surface area contributed by atoms with Gasteiger partial charge in [-0.05, 0) is 50.8 Å². The van der Waals surface area contributed by atoms with Gasteiger partial charge in [-0.2, -0.15) is 0 Å². The molecule has 0 aromatic heterocycles. The first kappa shape index (κ1) is 17.2. The number of rotatable bonds is 3. The normalized spacial score (nSPS) is 23.2. The Bertz CT molecular complexity index is 565. The molecule has 0 radical (unpaired) electrons. The standard InChI is InChI=1S/C19H28N2O3/c1-3-23-17-7-12-24-19(14-17)8-10-21(11-9-19)18(22)20-16-6-4-5-15(2)13-16/h4-6,13,17H,3,7-12,14H2,1-2H3,(H,20,22)/t17-/m0/s1. The van der Waals surface area contributed by atoms with E-state index in [0.29, 0.717) is 6.10 Å². The van der Waals surface area contributed by atoms with Crippen LogP contribution in [0.4, 0.5) is 10.5 Å². The second kappa shape index (κ2) is 7.53. The minimum absolute atomic E-state index is 0.0207. The second-order valence-electron chi connectivity index (χ2n) is 6.89. The van der Waals surface area contributed by atoms with Crippen molar-refractivity contribution in [1.82, 2.24) is 4.90 Å². The molecule has 132 valence electrons. The van der Waals surface area contributed by atoms with E-state index < -0.39 is 0 Å². The minimum Gasteiger partial charge on any atom is -0.378 e. The van der Waals surface area contributed by atoms with E-state index >= 15 is 0 Å². The topological polar surface area (TPSA) is 50.8 Å². The van der Waals surface area contributed by atoms with E-state index in [0.717, 1.165) is 63.2 Å². The summed E-state index contributed by atoms with van der Waals surface area (Å²) in [5.41, 5.74) is 1.90. The summed E-state index contributed by atoms with van der Waals surface area (Å²) in [6.45, 7) is 7.05. The lowest BCUT2D eigenvalue weighted by molar-refractivity contribution is -0.150. The third-order valence-electron chi connectivity index (χ3n) is 5.08. The average Bonchev–Trinajstić information content (AvgIpc) is 2.56. The number of benzene rings is 1. The minimum atomic E-state index is -0.0990. The molecular weight excluding hydrogens is 304 g/mol. The summed E-state index contributed by atoms with van der Waals surface area (Å²) in [6.07, 6.45) is 4.01. The van der Waals surface area contributed by atoms with E-state index in [2.05, 4.69) is 5.32 Å². The molecule has 1 aromatic carbocycles. The van der Waals surface area contributed by atoms with Crippen LogP contribution in [0, 0.1) is 6.92 Å². The third-order valence-corrected chi connectivity index (χ3v) is 5.08. The molecule has 1 atom stereocenters. The molecule has 0 bridgehead atoms. The van der Waals surface area contributed by atoms with Crippen LogP contribution in [0.15, 0.2) is 24.3 Å². The van der Waals surface area contributed by atoms with Gasteiger partial charge in [-0.15, -0.1) is 0 Å². The molecule has 2 amide bonds. The Morgan fingerprint density at radius 1 is 1.42 bits per heavy atom. The lowest BCUT2D eigenvalue weighted by Crippen LogP contribution is -2.52. The van der Waals surface area contributed by atoms with Gasteiger partial charge in [0.1, 0.15) is 0 Å². The Labute approximate surface area is 144 Å². The van der Waals surface area contributed by atoms with E-state index in [-0.39, 0.29) is 11.6 Å². The predicted molar refractivity (Wildman–Crippen MR) is 94.3 cm³/mol. The van der Waals surface area contributed by atoms with Crippen molar-refractivity contribution in [2.24, 2.45) is 0 Å². The summed E-state index contributed by atoms with van der Waals surface area (Å²) in [6, 6.07) is 7.87. The van der Waals surface area contributed by atoms with Crippen LogP contribution in [0.25, 0.3) is 0 Å². The lowest BCUT2D eigenvalue weighted by atomic mass is 9.83. The van der Waals surface area contributed by atoms with Gasteiger partial charge < -0.3 is 19.7 Å². The monoisotopic (exact) mass is 332 g/mol. The molecule has 1 spiro atoms. The van der Waals surface area contributed by atoms with E-state index in [1.807, 2.05) is 43.0 Å². The van der Waals surface area contributed by atoms with Gasteiger partial charge in [0.05, 0.1) is 11.7 Å². The van der Waals surface area contributed by atoms with Crippen LogP contribution in [0.1, 0.15) is 38.2 Å². The number of nitrogens with zero attached hydrogens (tertiary/aromatic N) is 1. The molecule has 3 rings (SSSR count). The van der Waals surface area contributed by atoms with Crippen molar-refractivity contribution >= 4 is 11.7 Å². The zero-order valence-electron chi connectivity index (χ0n) is 14.7. The molecule has 5 heteroatoms. The number of piperidine rings is 1. The van der Waals surface area contributed by atoms with Gasteiger partial charge in [0.15, 0.2) is 0 Å². The second-order valence-corrected chi connectivity index (χ2v) is 6.89. The fourth-order valence-electron chi connectivity index (χ4n) is 3.75. The number of anilines is 1. The van der Waals surface area contributed by atoms with Gasteiger partial charge in [-0.3, -0.25) is 0 Å². The number of ether oxygens (including phenoxy) is 2. The largest absolute Gasteiger partial charge is 0.378 e. The van der Waals surface area contributed by atoms with E-state index in [4.69, 9.17) is 9.47 Å². The third kappa shape index (κ3) is 4.08. The molecule has 5 nitrogen and oxygen atoms in total. The van der Waals surface area contributed by atoms with Crippen LogP contribution in [-0.2, 0) is 9.47 Å². The van der Waals surface area contributed by atoms with E-state index in [9.17, 15) is 4.79 Å². The smallest absolute Gasteiger partial charge is 0.321 e. The van der Waals surface area contributed by atoms with Crippen molar-refractivity contribution in [3.05, 3.63) is 29.8 Å². The zero-order valence-corrected chi connectivity index (χ0v) is 14.7. The first-order valence-corrected chi connectivity index (χ1v) is 8.98. The summed E-state index contributed by atoms with van der Waals surface area (Å²) in [5, 5.41) is 2.99. The van der Waals surface area contributed by atoms with Crippen LogP contribution >= 0.6 is 0 Å². The number of urea groups is 1. The van der Waals surface area contributed by atoms with Crippen molar-refractivity contribution < 1.29 is 14.3 Å². The number of aryl methyl sites for hydroxylation is 1. The summed E-state index contributed by atoms with van der Waals surface area (Å²) in [5.74, 6) is 0. The van der Waals surface area contributed by atoms with Crippen LogP contribution in [0.2, 0.25) is 0 Å². The van der Waals surface area contributed by atoms with Crippen molar-refractivity contribution in [3.63, 3.8) is 0 Å². The molecule has 1 aromatic rings. The summed E-state index contributed by atoms with van der Waals surface area (Å²) in [4.78, 5) is 14.4. The Kier molecular flexibility index (Phi) is 5.41. The average molecular weight is 332 g/mol. The first-order valence-electron chi connectivity index (χ1n) is 8.98. The SMILES string of the molecule is CCO[C@H]1CCOC2(CCN(C(=O)Nc3cccc(C)c3)CC2)C1. The van der Waals surface area contributed by atoms with Crippen molar-refractivity contribution in [1.29, 1.82) is 0 Å². The van der Waals surface area contributed by atoms with Gasteiger partial charge in [0.2, 0.25) is 0 Å². The number of hydrogen-bond acceptors (Lipinski definition) is 3. The highest BCUT2D eigenvalue weighted by molar-refractivity contribution is 5.89. The van der Waals surface area contributed by atoms with Gasteiger partial charge >= 0.3 is 6.03 Å². The molecule has 0 unspecified atom stereocenters. The first-order chi connectivity index (χ1) is 11.6. The highest BCUT2D eigenvalue weighted by Crippen LogP contribution is 2.36. The summed E-state index contributed by atoms with van der Waals surface area (Å²) in [7, 11) is 0. The maximum Gasteiger partial charge on any atom is 0.321 e. The Morgan fingerprint density at radius 3 is 2.92 bits per heavy atom. The predicted octanol–water partition coefficient (Wildman–Crippen LogP) is 3.58. The summed E-state index contributed by atoms with van der Waals surface area (Å²) < 4.78 is 11.9. The van der Waals surface area contributed by atoms with Crippen LogP contribution < -0.4 is 5.32 Å². The highest BCUT2D eigenvalue weighted by atomic mass is 16.5. The molecule has 0 saturated carbocycles. The molecule has 2 saturated heterocycles. The van der Waals surface area contributed by atoms with Crippen molar-refractivity contribution in [3.8, 4) is 0 Å². The molecule has 2 fully saturated rings. The Balaban J connectivity index is 1.53. The number of amides is 2. The molecule has 2 aliphatic rings. The fourth-order valence-corrected chi connectivity index (χ4v) is 3.75. The number of nitrogens with one attached hydrogen (secondary N) is 1. The van der Waals surface area contributed by atoms with Crippen LogP contribution in [0.3, 0.4) is 0 Å². The van der Waals surface area contributed by atoms with Crippen LogP contribution in [-0.4, -0.2) is 48.9 Å². The van der Waals surface area contributed by atoms with E-state index in [1.54, 1.807) is 0 Å². The molecule has 0 aliphatic carbocycles. The van der Waals surface area contributed by atoms with Gasteiger partial charge in [0, 0.05) is 38.4 Å². The van der Waals surface area contributed by atoms with Gasteiger partial charge in [-0.1, -0.05) is 12.1 Å². The Hall–Kier alpha value is -1.59. The van der Waals surface area contributed by atoms with Gasteiger partial charge in [-0.25, -0.2) is 4.79 Å². The quantitative estimate of drug-likeness (QED) is 0.920. The van der Waals surface area contributed by atoms with Gasteiger partial charge in [0.25, 0.3) is 0 Å². The maximum atomic E-state index is 12.5. The molecule has 24 heavy (non-hydrogen) atoms. The molecule has 1 N–H and O–H groups in total. The highest BCUT2D eigenvalue weighted by Gasteiger charge is 2.41.